The highest BCUT2D eigenvalue weighted by Gasteiger charge is 2.32. The minimum Gasteiger partial charge on any atom is -0.488 e. The number of carbonyl (C=O) groups is 3. The number of ether oxygens (including phenoxy) is 3. The van der Waals surface area contributed by atoms with E-state index in [4.69, 9.17) is 14.2 Å². The molecule has 2 aliphatic rings. The number of nitrogens with one attached hydrogen (secondary N) is 3. The number of likely N-dealkylation sites (N-methyl/N-ethyl adjacent to an activating group) is 1. The van der Waals surface area contributed by atoms with Crippen LogP contribution >= 0.6 is 0 Å². The van der Waals surface area contributed by atoms with Crippen LogP contribution in [0, 0.1) is 5.92 Å². The molecule has 0 aromatic heterocycles. The van der Waals surface area contributed by atoms with Gasteiger partial charge in [0.15, 0.2) is 11.5 Å². The molecule has 0 saturated carbocycles. The van der Waals surface area contributed by atoms with Crippen LogP contribution < -0.4 is 30.2 Å². The summed E-state index contributed by atoms with van der Waals surface area (Å²) >= 11 is 0. The first-order chi connectivity index (χ1) is 19.5. The number of amides is 5. The van der Waals surface area contributed by atoms with Crippen LogP contribution in [0.25, 0.3) is 0 Å². The van der Waals surface area contributed by atoms with Crippen molar-refractivity contribution in [3.05, 3.63) is 42.0 Å². The average Bonchev–Trinajstić information content (AvgIpc) is 3.40. The molecule has 0 radical (unpaired) electrons. The van der Waals surface area contributed by atoms with Gasteiger partial charge < -0.3 is 45.1 Å². The predicted molar refractivity (Wildman–Crippen MR) is 153 cm³/mol. The lowest BCUT2D eigenvalue weighted by Crippen LogP contribution is -2.49. The van der Waals surface area contributed by atoms with Crippen molar-refractivity contribution in [2.24, 2.45) is 5.92 Å². The minimum atomic E-state index is -0.473. The van der Waals surface area contributed by atoms with E-state index in [-0.39, 0.29) is 50.3 Å². The molecule has 2 heterocycles. The Kier molecular flexibility index (Phi) is 9.43. The first-order valence-corrected chi connectivity index (χ1v) is 13.7. The highest BCUT2D eigenvalue weighted by molar-refractivity contribution is 6.00. The van der Waals surface area contributed by atoms with Gasteiger partial charge in [-0.1, -0.05) is 6.92 Å². The fraction of sp³-hybridized carbons (Fsp3) is 0.483. The van der Waals surface area contributed by atoms with Crippen LogP contribution in [0.5, 0.6) is 17.2 Å². The molecule has 0 aliphatic carbocycles. The summed E-state index contributed by atoms with van der Waals surface area (Å²) in [6, 6.07) is 9.11. The number of aliphatic hydroxyl groups is 1. The molecule has 12 nitrogen and oxygen atoms in total. The first kappa shape index (κ1) is 29.8. The van der Waals surface area contributed by atoms with E-state index in [1.807, 2.05) is 20.8 Å². The molecule has 0 unspecified atom stereocenters. The highest BCUT2D eigenvalue weighted by Crippen LogP contribution is 2.34. The summed E-state index contributed by atoms with van der Waals surface area (Å²) < 4.78 is 17.1. The second kappa shape index (κ2) is 13.0. The first-order valence-electron chi connectivity index (χ1n) is 13.7. The summed E-state index contributed by atoms with van der Waals surface area (Å²) in [4.78, 5) is 42.0. The van der Waals surface area contributed by atoms with Crippen molar-refractivity contribution >= 4 is 29.3 Å². The third kappa shape index (κ3) is 7.51. The molecular weight excluding hydrogens is 530 g/mol. The smallest absolute Gasteiger partial charge is 0.323 e. The van der Waals surface area contributed by atoms with Crippen molar-refractivity contribution in [3.8, 4) is 17.2 Å². The van der Waals surface area contributed by atoms with E-state index < -0.39 is 18.2 Å². The molecule has 5 amide bonds. The van der Waals surface area contributed by atoms with Gasteiger partial charge in [-0.2, -0.15) is 0 Å². The number of hydrogen-bond acceptors (Lipinski definition) is 7. The van der Waals surface area contributed by atoms with E-state index in [2.05, 4.69) is 16.0 Å². The van der Waals surface area contributed by atoms with E-state index in [9.17, 15) is 19.5 Å². The van der Waals surface area contributed by atoms with Crippen LogP contribution in [-0.4, -0.2) is 84.6 Å². The fourth-order valence-electron chi connectivity index (χ4n) is 4.70. The Morgan fingerprint density at radius 2 is 1.71 bits per heavy atom. The molecule has 0 spiro atoms. The number of fused-ring (bicyclic) bond motifs is 2. The van der Waals surface area contributed by atoms with Crippen molar-refractivity contribution < 1.29 is 33.7 Å². The topological polar surface area (TPSA) is 142 Å². The maximum Gasteiger partial charge on any atom is 0.323 e. The van der Waals surface area contributed by atoms with Crippen LogP contribution in [0.15, 0.2) is 36.4 Å². The largest absolute Gasteiger partial charge is 0.488 e. The van der Waals surface area contributed by atoms with E-state index in [0.29, 0.717) is 40.7 Å². The summed E-state index contributed by atoms with van der Waals surface area (Å²) in [7, 11) is 1.70. The third-order valence-corrected chi connectivity index (χ3v) is 7.02. The molecule has 0 saturated heterocycles. The molecule has 41 heavy (non-hydrogen) atoms. The molecular formula is C29H39N5O7. The number of benzene rings is 2. The minimum absolute atomic E-state index is 0.0160. The number of urea groups is 2. The van der Waals surface area contributed by atoms with Crippen LogP contribution in [-0.2, 0) is 11.2 Å². The van der Waals surface area contributed by atoms with E-state index in [1.54, 1.807) is 60.2 Å². The molecule has 2 aliphatic heterocycles. The lowest BCUT2D eigenvalue weighted by atomic mass is 10.0. The average molecular weight is 570 g/mol. The van der Waals surface area contributed by atoms with Gasteiger partial charge in [-0.15, -0.1) is 0 Å². The van der Waals surface area contributed by atoms with Gasteiger partial charge in [0.25, 0.3) is 0 Å². The summed E-state index contributed by atoms with van der Waals surface area (Å²) in [5, 5.41) is 18.3. The molecule has 4 rings (SSSR count). The summed E-state index contributed by atoms with van der Waals surface area (Å²) in [5.74, 6) is 1.33. The zero-order chi connectivity index (χ0) is 29.7. The Morgan fingerprint density at radius 1 is 1.05 bits per heavy atom. The maximum absolute atomic E-state index is 13.4. The number of hydrogen-bond donors (Lipinski definition) is 4. The van der Waals surface area contributed by atoms with Crippen LogP contribution in [0.4, 0.5) is 21.0 Å². The molecule has 2 aromatic rings. The van der Waals surface area contributed by atoms with Crippen molar-refractivity contribution in [1.82, 2.24) is 15.1 Å². The normalized spacial score (nSPS) is 18.8. The van der Waals surface area contributed by atoms with Crippen molar-refractivity contribution in [2.75, 3.05) is 44.2 Å². The number of aliphatic hydroxyl groups excluding tert-OH is 1. The molecule has 4 N–H and O–H groups in total. The SMILES string of the molecule is CC(C)NC(=O)N(C)C[C@@H]1Oc2ccc(NC(=O)Nc3ccc4c(c3)OCO4)cc2CC(=O)N([C@H](C)CO)C[C@H]1C. The Morgan fingerprint density at radius 3 is 2.39 bits per heavy atom. The van der Waals surface area contributed by atoms with Gasteiger partial charge in [0, 0.05) is 48.6 Å². The Labute approximate surface area is 239 Å². The number of nitrogens with zero attached hydrogens (tertiary/aromatic N) is 2. The summed E-state index contributed by atoms with van der Waals surface area (Å²) in [6.45, 7) is 8.12. The second-order valence-corrected chi connectivity index (χ2v) is 10.8. The molecule has 0 fully saturated rings. The number of carbonyl (C=O) groups excluding carboxylic acids is 3. The van der Waals surface area contributed by atoms with Gasteiger partial charge in [-0.3, -0.25) is 4.79 Å². The van der Waals surface area contributed by atoms with E-state index in [1.165, 1.54) is 0 Å². The Bertz CT molecular complexity index is 1270. The van der Waals surface area contributed by atoms with Gasteiger partial charge >= 0.3 is 12.1 Å². The zero-order valence-corrected chi connectivity index (χ0v) is 24.1. The molecule has 3 atom stereocenters. The number of anilines is 2. The van der Waals surface area contributed by atoms with Gasteiger partial charge in [0.2, 0.25) is 12.7 Å². The quantitative estimate of drug-likeness (QED) is 0.401. The Hall–Kier alpha value is -4.19. The van der Waals surface area contributed by atoms with Gasteiger partial charge in [-0.25, -0.2) is 9.59 Å². The summed E-state index contributed by atoms with van der Waals surface area (Å²) in [5.41, 5.74) is 1.58. The van der Waals surface area contributed by atoms with Gasteiger partial charge in [0.05, 0.1) is 25.6 Å². The van der Waals surface area contributed by atoms with Crippen LogP contribution in [0.3, 0.4) is 0 Å². The maximum atomic E-state index is 13.4. The van der Waals surface area contributed by atoms with Crippen molar-refractivity contribution in [1.29, 1.82) is 0 Å². The molecule has 12 heteroatoms. The lowest BCUT2D eigenvalue weighted by Gasteiger charge is -2.34. The molecule has 2 aromatic carbocycles. The highest BCUT2D eigenvalue weighted by atomic mass is 16.7. The van der Waals surface area contributed by atoms with Crippen molar-refractivity contribution in [3.63, 3.8) is 0 Å². The monoisotopic (exact) mass is 569 g/mol. The second-order valence-electron chi connectivity index (χ2n) is 10.8. The fourth-order valence-corrected chi connectivity index (χ4v) is 4.70. The van der Waals surface area contributed by atoms with E-state index >= 15 is 0 Å². The Balaban J connectivity index is 1.55. The summed E-state index contributed by atoms with van der Waals surface area (Å²) in [6.07, 6.45) is -0.425. The van der Waals surface area contributed by atoms with Crippen molar-refractivity contribution in [2.45, 2.75) is 52.3 Å². The van der Waals surface area contributed by atoms with E-state index in [0.717, 1.165) is 0 Å². The van der Waals surface area contributed by atoms with Crippen LogP contribution in [0.1, 0.15) is 33.3 Å². The van der Waals surface area contributed by atoms with Crippen LogP contribution in [0.2, 0.25) is 0 Å². The van der Waals surface area contributed by atoms with Gasteiger partial charge in [-0.05, 0) is 51.1 Å². The number of rotatable bonds is 7. The zero-order valence-electron chi connectivity index (χ0n) is 24.1. The molecule has 0 bridgehead atoms. The molecule has 222 valence electrons. The predicted octanol–water partition coefficient (Wildman–Crippen LogP) is 3.26. The third-order valence-electron chi connectivity index (χ3n) is 7.02. The van der Waals surface area contributed by atoms with Gasteiger partial charge in [0.1, 0.15) is 11.9 Å². The standard InChI is InChI=1S/C29H39N5O7/c1-17(2)30-29(38)33(5)14-26-18(3)13-34(19(4)15-35)27(36)11-20-10-21(6-8-23(20)41-26)31-28(37)32-22-7-9-24-25(12-22)40-16-39-24/h6-10,12,17-19,26,35H,11,13-16H2,1-5H3,(H,30,38)(H2,31,32,37)/t18-,19-,26+/m1/s1. The lowest BCUT2D eigenvalue weighted by molar-refractivity contribution is -0.134.